The van der Waals surface area contributed by atoms with E-state index in [-0.39, 0.29) is 12.5 Å². The van der Waals surface area contributed by atoms with Crippen molar-refractivity contribution in [3.63, 3.8) is 0 Å². The maximum atomic E-state index is 11.0. The van der Waals surface area contributed by atoms with Gasteiger partial charge in [0.15, 0.2) is 0 Å². The van der Waals surface area contributed by atoms with Crippen molar-refractivity contribution in [3.05, 3.63) is 0 Å². The Morgan fingerprint density at radius 3 is 2.58 bits per heavy atom. The van der Waals surface area contributed by atoms with E-state index < -0.39 is 11.6 Å². The van der Waals surface area contributed by atoms with Crippen LogP contribution in [0.1, 0.15) is 27.2 Å². The first-order valence-corrected chi connectivity index (χ1v) is 4.14. The minimum Gasteiger partial charge on any atom is -0.388 e. The van der Waals surface area contributed by atoms with Gasteiger partial charge in [-0.05, 0) is 20.3 Å². The average molecular weight is 174 g/mol. The molecule has 0 fully saturated rings. The third kappa shape index (κ3) is 4.31. The summed E-state index contributed by atoms with van der Waals surface area (Å²) in [6.45, 7) is 5.40. The zero-order chi connectivity index (χ0) is 9.78. The minimum absolute atomic E-state index is 0.233. The predicted molar refractivity (Wildman–Crippen MR) is 47.6 cm³/mol. The van der Waals surface area contributed by atoms with Crippen molar-refractivity contribution in [1.82, 2.24) is 5.32 Å². The van der Waals surface area contributed by atoms with Crippen molar-refractivity contribution in [3.8, 4) is 0 Å². The van der Waals surface area contributed by atoms with Gasteiger partial charge in [-0.15, -0.1) is 0 Å². The molecule has 1 unspecified atom stereocenters. The first-order chi connectivity index (χ1) is 5.39. The van der Waals surface area contributed by atoms with Crippen LogP contribution in [0.2, 0.25) is 0 Å². The fourth-order valence-corrected chi connectivity index (χ4v) is 0.564. The second-order valence-electron chi connectivity index (χ2n) is 3.36. The molecule has 0 aromatic heterocycles. The molecular formula is C8H18N2O2. The Hall–Kier alpha value is -0.610. The Balaban J connectivity index is 3.76. The Morgan fingerprint density at radius 2 is 2.25 bits per heavy atom. The molecule has 0 heterocycles. The van der Waals surface area contributed by atoms with E-state index in [2.05, 4.69) is 5.32 Å². The number of hydrogen-bond acceptors (Lipinski definition) is 3. The summed E-state index contributed by atoms with van der Waals surface area (Å²) in [5.74, 6) is -0.233. The lowest BCUT2D eigenvalue weighted by Crippen LogP contribution is -2.45. The molecular weight excluding hydrogens is 156 g/mol. The third-order valence-corrected chi connectivity index (χ3v) is 1.82. The van der Waals surface area contributed by atoms with Gasteiger partial charge in [0.2, 0.25) is 5.91 Å². The SMILES string of the molecule is CCC(C)(O)CNC(=O)[C@@H](C)N. The van der Waals surface area contributed by atoms with Crippen LogP contribution in [-0.2, 0) is 4.79 Å². The third-order valence-electron chi connectivity index (χ3n) is 1.82. The molecule has 2 atom stereocenters. The number of carbonyl (C=O) groups excluding carboxylic acids is 1. The summed E-state index contributed by atoms with van der Waals surface area (Å²) in [6, 6.07) is -0.516. The summed E-state index contributed by atoms with van der Waals surface area (Å²) in [6.07, 6.45) is 0.603. The predicted octanol–water partition coefficient (Wildman–Crippen LogP) is -0.389. The van der Waals surface area contributed by atoms with Crippen LogP contribution >= 0.6 is 0 Å². The monoisotopic (exact) mass is 174 g/mol. The van der Waals surface area contributed by atoms with Crippen LogP contribution in [0, 0.1) is 0 Å². The molecule has 0 spiro atoms. The molecule has 0 radical (unpaired) electrons. The van der Waals surface area contributed by atoms with E-state index in [4.69, 9.17) is 5.73 Å². The van der Waals surface area contributed by atoms with Gasteiger partial charge in [0.1, 0.15) is 0 Å². The van der Waals surface area contributed by atoms with E-state index in [0.717, 1.165) is 0 Å². The van der Waals surface area contributed by atoms with E-state index in [0.29, 0.717) is 6.42 Å². The lowest BCUT2D eigenvalue weighted by atomic mass is 10.0. The Labute approximate surface area is 73.1 Å². The zero-order valence-corrected chi connectivity index (χ0v) is 7.92. The van der Waals surface area contributed by atoms with Crippen molar-refractivity contribution in [2.24, 2.45) is 5.73 Å². The molecule has 0 saturated carbocycles. The van der Waals surface area contributed by atoms with Crippen LogP contribution in [0.3, 0.4) is 0 Å². The van der Waals surface area contributed by atoms with E-state index in [1.54, 1.807) is 13.8 Å². The molecule has 0 bridgehead atoms. The van der Waals surface area contributed by atoms with Gasteiger partial charge >= 0.3 is 0 Å². The number of amides is 1. The zero-order valence-electron chi connectivity index (χ0n) is 7.92. The van der Waals surface area contributed by atoms with Crippen molar-refractivity contribution >= 4 is 5.91 Å². The normalized spacial score (nSPS) is 18.1. The summed E-state index contributed by atoms with van der Waals surface area (Å²) >= 11 is 0. The topological polar surface area (TPSA) is 75.3 Å². The van der Waals surface area contributed by atoms with E-state index >= 15 is 0 Å². The highest BCUT2D eigenvalue weighted by Gasteiger charge is 2.19. The molecule has 0 aromatic rings. The molecule has 0 saturated heterocycles. The summed E-state index contributed by atoms with van der Waals surface area (Å²) < 4.78 is 0. The number of nitrogens with one attached hydrogen (secondary N) is 1. The van der Waals surface area contributed by atoms with E-state index in [1.807, 2.05) is 6.92 Å². The lowest BCUT2D eigenvalue weighted by molar-refractivity contribution is -0.123. The van der Waals surface area contributed by atoms with Crippen molar-refractivity contribution in [2.45, 2.75) is 38.8 Å². The number of aliphatic hydroxyl groups is 1. The molecule has 0 rings (SSSR count). The molecule has 0 aliphatic rings. The van der Waals surface area contributed by atoms with E-state index in [1.165, 1.54) is 0 Å². The number of rotatable bonds is 4. The number of carbonyl (C=O) groups is 1. The fraction of sp³-hybridized carbons (Fsp3) is 0.875. The maximum Gasteiger partial charge on any atom is 0.236 e. The van der Waals surface area contributed by atoms with Crippen LogP contribution in [0.4, 0.5) is 0 Å². The number of hydrogen-bond donors (Lipinski definition) is 3. The largest absolute Gasteiger partial charge is 0.388 e. The quantitative estimate of drug-likeness (QED) is 0.543. The number of nitrogens with two attached hydrogens (primary N) is 1. The standard InChI is InChI=1S/C8H18N2O2/c1-4-8(3,12)5-10-7(11)6(2)9/h6,12H,4-5,9H2,1-3H3,(H,10,11)/t6-,8?/m1/s1. The van der Waals surface area contributed by atoms with Crippen LogP contribution in [0.5, 0.6) is 0 Å². The molecule has 0 aliphatic heterocycles. The highest BCUT2D eigenvalue weighted by atomic mass is 16.3. The van der Waals surface area contributed by atoms with Crippen molar-refractivity contribution in [2.75, 3.05) is 6.54 Å². The van der Waals surface area contributed by atoms with Gasteiger partial charge in [-0.3, -0.25) is 4.79 Å². The molecule has 72 valence electrons. The van der Waals surface area contributed by atoms with Gasteiger partial charge < -0.3 is 16.2 Å². The van der Waals surface area contributed by atoms with Gasteiger partial charge in [-0.25, -0.2) is 0 Å². The smallest absolute Gasteiger partial charge is 0.236 e. The Morgan fingerprint density at radius 1 is 1.75 bits per heavy atom. The summed E-state index contributed by atoms with van der Waals surface area (Å²) in [5, 5.41) is 12.1. The fourth-order valence-electron chi connectivity index (χ4n) is 0.564. The summed E-state index contributed by atoms with van der Waals surface area (Å²) in [5.41, 5.74) is 4.48. The van der Waals surface area contributed by atoms with Crippen LogP contribution < -0.4 is 11.1 Å². The van der Waals surface area contributed by atoms with Gasteiger partial charge in [0, 0.05) is 6.54 Å². The highest BCUT2D eigenvalue weighted by molar-refractivity contribution is 5.80. The second-order valence-corrected chi connectivity index (χ2v) is 3.36. The Kier molecular flexibility index (Phi) is 4.20. The lowest BCUT2D eigenvalue weighted by Gasteiger charge is -2.22. The maximum absolute atomic E-state index is 11.0. The first-order valence-electron chi connectivity index (χ1n) is 4.14. The summed E-state index contributed by atoms with van der Waals surface area (Å²) in [4.78, 5) is 11.0. The molecule has 4 N–H and O–H groups in total. The van der Waals surface area contributed by atoms with Crippen molar-refractivity contribution in [1.29, 1.82) is 0 Å². The molecule has 4 heteroatoms. The average Bonchev–Trinajstić information content (AvgIpc) is 2.00. The molecule has 0 aliphatic carbocycles. The summed E-state index contributed by atoms with van der Waals surface area (Å²) in [7, 11) is 0. The molecule has 1 amide bonds. The van der Waals surface area contributed by atoms with Crippen LogP contribution in [0.25, 0.3) is 0 Å². The van der Waals surface area contributed by atoms with Gasteiger partial charge in [0.05, 0.1) is 11.6 Å². The molecule has 12 heavy (non-hydrogen) atoms. The van der Waals surface area contributed by atoms with E-state index in [9.17, 15) is 9.90 Å². The first kappa shape index (κ1) is 11.4. The van der Waals surface area contributed by atoms with Gasteiger partial charge in [0.25, 0.3) is 0 Å². The second kappa shape index (κ2) is 4.42. The molecule has 0 aromatic carbocycles. The van der Waals surface area contributed by atoms with Crippen molar-refractivity contribution < 1.29 is 9.90 Å². The van der Waals surface area contributed by atoms with Crippen LogP contribution in [-0.4, -0.2) is 29.2 Å². The van der Waals surface area contributed by atoms with Gasteiger partial charge in [-0.2, -0.15) is 0 Å². The Bertz CT molecular complexity index is 155. The highest BCUT2D eigenvalue weighted by Crippen LogP contribution is 2.05. The van der Waals surface area contributed by atoms with Gasteiger partial charge in [-0.1, -0.05) is 6.92 Å². The van der Waals surface area contributed by atoms with Crippen LogP contribution in [0.15, 0.2) is 0 Å². The molecule has 4 nitrogen and oxygen atoms in total. The minimum atomic E-state index is -0.829.